The maximum absolute atomic E-state index is 12.9. The Balaban J connectivity index is 2.40. The van der Waals surface area contributed by atoms with Crippen molar-refractivity contribution in [1.82, 2.24) is 5.48 Å². The Morgan fingerprint density at radius 1 is 1.33 bits per heavy atom. The summed E-state index contributed by atoms with van der Waals surface area (Å²) < 4.78 is 25.6. The standard InChI is InChI=1S/C12H15F2NO2S/c1-12(2,3)17-15-11(16)7-18-8-4-5-9(13)10(14)6-8/h4-6H,7H2,1-3H3,(H,15,16). The van der Waals surface area contributed by atoms with E-state index in [1.807, 2.05) is 0 Å². The van der Waals surface area contributed by atoms with Crippen molar-refractivity contribution in [1.29, 1.82) is 0 Å². The molecule has 1 aromatic rings. The molecule has 1 N–H and O–H groups in total. The molecule has 0 fully saturated rings. The summed E-state index contributed by atoms with van der Waals surface area (Å²) in [5, 5.41) is 0. The molecule has 1 rings (SSSR count). The number of rotatable bonds is 4. The first kappa shape index (κ1) is 14.9. The average Bonchev–Trinajstić information content (AvgIpc) is 2.27. The molecule has 0 bridgehead atoms. The lowest BCUT2D eigenvalue weighted by atomic mass is 10.2. The number of halogens is 2. The number of thioether (sulfide) groups is 1. The Bertz CT molecular complexity index is 433. The topological polar surface area (TPSA) is 38.3 Å². The van der Waals surface area contributed by atoms with E-state index in [9.17, 15) is 13.6 Å². The summed E-state index contributed by atoms with van der Waals surface area (Å²) in [6.07, 6.45) is 0. The maximum atomic E-state index is 12.9. The van der Waals surface area contributed by atoms with Crippen LogP contribution in [0.3, 0.4) is 0 Å². The van der Waals surface area contributed by atoms with Crippen LogP contribution in [-0.4, -0.2) is 17.3 Å². The molecule has 0 saturated heterocycles. The first-order valence-electron chi connectivity index (χ1n) is 5.32. The molecule has 0 aromatic heterocycles. The van der Waals surface area contributed by atoms with Gasteiger partial charge in [0.1, 0.15) is 0 Å². The molecule has 0 atom stereocenters. The van der Waals surface area contributed by atoms with E-state index in [0.717, 1.165) is 23.9 Å². The average molecular weight is 275 g/mol. The van der Waals surface area contributed by atoms with Gasteiger partial charge in [-0.2, -0.15) is 0 Å². The van der Waals surface area contributed by atoms with Crippen molar-refractivity contribution >= 4 is 17.7 Å². The SMILES string of the molecule is CC(C)(C)ONC(=O)CSc1ccc(F)c(F)c1. The van der Waals surface area contributed by atoms with Gasteiger partial charge in [-0.1, -0.05) is 0 Å². The van der Waals surface area contributed by atoms with Crippen LogP contribution in [0.4, 0.5) is 8.78 Å². The third-order valence-electron chi connectivity index (χ3n) is 1.73. The third kappa shape index (κ3) is 5.46. The van der Waals surface area contributed by atoms with Crippen molar-refractivity contribution < 1.29 is 18.4 Å². The Morgan fingerprint density at radius 3 is 2.56 bits per heavy atom. The van der Waals surface area contributed by atoms with Crippen LogP contribution in [0, 0.1) is 11.6 Å². The quantitative estimate of drug-likeness (QED) is 0.678. The van der Waals surface area contributed by atoms with Gasteiger partial charge in [-0.15, -0.1) is 11.8 Å². The third-order valence-corrected chi connectivity index (χ3v) is 2.73. The van der Waals surface area contributed by atoms with Gasteiger partial charge in [0.25, 0.3) is 5.91 Å². The van der Waals surface area contributed by atoms with E-state index in [0.29, 0.717) is 4.90 Å². The molecule has 0 radical (unpaired) electrons. The Labute approximate surface area is 109 Å². The molecule has 0 unspecified atom stereocenters. The maximum Gasteiger partial charge on any atom is 0.253 e. The molecule has 3 nitrogen and oxygen atoms in total. The summed E-state index contributed by atoms with van der Waals surface area (Å²) in [6, 6.07) is 3.50. The smallest absolute Gasteiger partial charge is 0.253 e. The zero-order chi connectivity index (χ0) is 13.8. The van der Waals surface area contributed by atoms with Gasteiger partial charge in [-0.3, -0.25) is 9.63 Å². The number of hydrogen-bond donors (Lipinski definition) is 1. The fraction of sp³-hybridized carbons (Fsp3) is 0.417. The number of benzene rings is 1. The lowest BCUT2D eigenvalue weighted by Crippen LogP contribution is -2.34. The number of nitrogens with one attached hydrogen (secondary N) is 1. The predicted octanol–water partition coefficient (Wildman–Crippen LogP) is 2.90. The fourth-order valence-electron chi connectivity index (χ4n) is 0.955. The summed E-state index contributed by atoms with van der Waals surface area (Å²) in [6.45, 7) is 5.40. The van der Waals surface area contributed by atoms with E-state index < -0.39 is 17.2 Å². The highest BCUT2D eigenvalue weighted by molar-refractivity contribution is 8.00. The molecule has 0 heterocycles. The minimum atomic E-state index is -0.925. The van der Waals surface area contributed by atoms with Gasteiger partial charge >= 0.3 is 0 Å². The van der Waals surface area contributed by atoms with Crippen LogP contribution in [0.1, 0.15) is 20.8 Å². The zero-order valence-corrected chi connectivity index (χ0v) is 11.2. The summed E-state index contributed by atoms with van der Waals surface area (Å²) in [4.78, 5) is 17.0. The molecule has 0 saturated carbocycles. The Hall–Kier alpha value is -1.14. The van der Waals surface area contributed by atoms with Gasteiger partial charge in [0.15, 0.2) is 11.6 Å². The monoisotopic (exact) mass is 275 g/mol. The molecule has 0 aliphatic rings. The second-order valence-electron chi connectivity index (χ2n) is 4.60. The number of carbonyl (C=O) groups excluding carboxylic acids is 1. The van der Waals surface area contributed by atoms with Crippen molar-refractivity contribution in [2.75, 3.05) is 5.75 Å². The molecule has 6 heteroatoms. The summed E-state index contributed by atoms with van der Waals surface area (Å²) in [5.41, 5.74) is 1.82. The summed E-state index contributed by atoms with van der Waals surface area (Å²) >= 11 is 1.10. The van der Waals surface area contributed by atoms with Crippen molar-refractivity contribution in [2.45, 2.75) is 31.3 Å². The minimum Gasteiger partial charge on any atom is -0.272 e. The van der Waals surface area contributed by atoms with Crippen LogP contribution in [-0.2, 0) is 9.63 Å². The molecular weight excluding hydrogens is 260 g/mol. The van der Waals surface area contributed by atoms with Crippen molar-refractivity contribution in [3.63, 3.8) is 0 Å². The highest BCUT2D eigenvalue weighted by Crippen LogP contribution is 2.20. The van der Waals surface area contributed by atoms with Gasteiger partial charge in [0, 0.05) is 4.90 Å². The van der Waals surface area contributed by atoms with Crippen LogP contribution in [0.25, 0.3) is 0 Å². The molecule has 1 aromatic carbocycles. The van der Waals surface area contributed by atoms with E-state index in [4.69, 9.17) is 4.84 Å². The molecule has 0 spiro atoms. The first-order valence-corrected chi connectivity index (χ1v) is 6.31. The van der Waals surface area contributed by atoms with E-state index in [-0.39, 0.29) is 11.7 Å². The number of amides is 1. The zero-order valence-electron chi connectivity index (χ0n) is 10.4. The van der Waals surface area contributed by atoms with Gasteiger partial charge in [0.05, 0.1) is 11.4 Å². The number of hydrogen-bond acceptors (Lipinski definition) is 3. The van der Waals surface area contributed by atoms with Gasteiger partial charge in [0.2, 0.25) is 0 Å². The molecule has 18 heavy (non-hydrogen) atoms. The summed E-state index contributed by atoms with van der Waals surface area (Å²) in [5.74, 6) is -2.09. The highest BCUT2D eigenvalue weighted by atomic mass is 32.2. The van der Waals surface area contributed by atoms with E-state index >= 15 is 0 Å². The van der Waals surface area contributed by atoms with E-state index in [1.165, 1.54) is 6.07 Å². The number of hydroxylamine groups is 1. The summed E-state index contributed by atoms with van der Waals surface area (Å²) in [7, 11) is 0. The van der Waals surface area contributed by atoms with Crippen LogP contribution in [0.2, 0.25) is 0 Å². The van der Waals surface area contributed by atoms with Crippen LogP contribution >= 0.6 is 11.8 Å². The van der Waals surface area contributed by atoms with Gasteiger partial charge in [-0.05, 0) is 39.0 Å². The van der Waals surface area contributed by atoms with Crippen molar-refractivity contribution in [3.05, 3.63) is 29.8 Å². The lowest BCUT2D eigenvalue weighted by Gasteiger charge is -2.18. The predicted molar refractivity (Wildman–Crippen MR) is 66.1 cm³/mol. The second kappa shape index (κ2) is 6.15. The minimum absolute atomic E-state index is 0.0706. The Morgan fingerprint density at radius 2 is 2.00 bits per heavy atom. The second-order valence-corrected chi connectivity index (χ2v) is 5.65. The molecule has 100 valence electrons. The van der Waals surface area contributed by atoms with Gasteiger partial charge < -0.3 is 0 Å². The Kier molecular flexibility index (Phi) is 5.10. The molecule has 1 amide bonds. The van der Waals surface area contributed by atoms with Crippen LogP contribution in [0.5, 0.6) is 0 Å². The largest absolute Gasteiger partial charge is 0.272 e. The lowest BCUT2D eigenvalue weighted by molar-refractivity contribution is -0.142. The van der Waals surface area contributed by atoms with E-state index in [2.05, 4.69) is 5.48 Å². The molecule has 0 aliphatic heterocycles. The molecular formula is C12H15F2NO2S. The van der Waals surface area contributed by atoms with E-state index in [1.54, 1.807) is 20.8 Å². The van der Waals surface area contributed by atoms with Crippen molar-refractivity contribution in [3.8, 4) is 0 Å². The highest BCUT2D eigenvalue weighted by Gasteiger charge is 2.13. The van der Waals surface area contributed by atoms with Crippen LogP contribution in [0.15, 0.2) is 23.1 Å². The fourth-order valence-corrected chi connectivity index (χ4v) is 1.66. The number of carbonyl (C=O) groups is 1. The van der Waals surface area contributed by atoms with Crippen LogP contribution < -0.4 is 5.48 Å². The normalized spacial score (nSPS) is 11.4. The van der Waals surface area contributed by atoms with Gasteiger partial charge in [-0.25, -0.2) is 14.3 Å². The first-order chi connectivity index (χ1) is 8.28. The van der Waals surface area contributed by atoms with Crippen molar-refractivity contribution in [2.24, 2.45) is 0 Å². The molecule has 0 aliphatic carbocycles.